The number of aromatic nitrogens is 1. The number of hydrogen-bond donors (Lipinski definition) is 0. The summed E-state index contributed by atoms with van der Waals surface area (Å²) in [4.78, 5) is 16.8. The number of pyridine rings is 1. The van der Waals surface area contributed by atoms with Crippen molar-refractivity contribution in [1.29, 1.82) is 0 Å². The highest BCUT2D eigenvalue weighted by Crippen LogP contribution is 2.02. The smallest absolute Gasteiger partial charge is 0.339 e. The molecule has 0 amide bonds. The van der Waals surface area contributed by atoms with Crippen LogP contribution in [0.15, 0.2) is 18.5 Å². The van der Waals surface area contributed by atoms with Crippen molar-refractivity contribution in [3.8, 4) is 0 Å². The van der Waals surface area contributed by atoms with Gasteiger partial charge in [0.1, 0.15) is 12.4 Å². The molecule has 0 spiro atoms. The number of hydrogen-bond acceptors (Lipinski definition) is 4. The van der Waals surface area contributed by atoms with E-state index in [2.05, 4.69) is 4.98 Å². The molecule has 0 aliphatic carbocycles. The van der Waals surface area contributed by atoms with Gasteiger partial charge >= 0.3 is 5.97 Å². The Morgan fingerprint density at radius 2 is 2.27 bits per heavy atom. The van der Waals surface area contributed by atoms with Crippen molar-refractivity contribution >= 4 is 5.97 Å². The second-order valence-corrected chi connectivity index (χ2v) is 3.33. The van der Waals surface area contributed by atoms with Crippen LogP contribution in [-0.2, 0) is 4.74 Å². The minimum absolute atomic E-state index is 0.133. The molecule has 0 saturated heterocycles. The summed E-state index contributed by atoms with van der Waals surface area (Å²) in [6, 6.07) is 1.10. The summed E-state index contributed by atoms with van der Waals surface area (Å²) < 4.78 is 17.6. The zero-order chi connectivity index (χ0) is 11.3. The largest absolute Gasteiger partial charge is 0.461 e. The Morgan fingerprint density at radius 3 is 2.87 bits per heavy atom. The predicted molar refractivity (Wildman–Crippen MR) is 53.0 cm³/mol. The monoisotopic (exact) mass is 212 g/mol. The minimum atomic E-state index is -0.552. The summed E-state index contributed by atoms with van der Waals surface area (Å²) in [7, 11) is 3.75. The number of nitrogens with zero attached hydrogens (tertiary/aromatic N) is 2. The van der Waals surface area contributed by atoms with Gasteiger partial charge in [0, 0.05) is 12.7 Å². The van der Waals surface area contributed by atoms with Crippen molar-refractivity contribution in [2.45, 2.75) is 0 Å². The van der Waals surface area contributed by atoms with Gasteiger partial charge < -0.3 is 9.64 Å². The Bertz CT molecular complexity index is 342. The summed E-state index contributed by atoms with van der Waals surface area (Å²) in [5.41, 5.74) is 0.133. The van der Waals surface area contributed by atoms with Gasteiger partial charge in [-0.25, -0.2) is 9.18 Å². The second kappa shape index (κ2) is 5.41. The first-order chi connectivity index (χ1) is 7.09. The van der Waals surface area contributed by atoms with Crippen LogP contribution in [0, 0.1) is 5.82 Å². The number of halogens is 1. The van der Waals surface area contributed by atoms with Crippen LogP contribution in [0.2, 0.25) is 0 Å². The highest BCUT2D eigenvalue weighted by Gasteiger charge is 2.08. The Morgan fingerprint density at radius 1 is 1.53 bits per heavy atom. The summed E-state index contributed by atoms with van der Waals surface area (Å²) in [5.74, 6) is -1.10. The molecule has 1 aromatic heterocycles. The third-order valence-electron chi connectivity index (χ3n) is 1.71. The quantitative estimate of drug-likeness (QED) is 0.696. The van der Waals surface area contributed by atoms with E-state index in [0.29, 0.717) is 6.54 Å². The van der Waals surface area contributed by atoms with E-state index in [1.54, 1.807) is 0 Å². The Labute approximate surface area is 87.7 Å². The lowest BCUT2D eigenvalue weighted by atomic mass is 10.3. The highest BCUT2D eigenvalue weighted by molar-refractivity contribution is 5.88. The van der Waals surface area contributed by atoms with Crippen LogP contribution in [0.5, 0.6) is 0 Å². The highest BCUT2D eigenvalue weighted by atomic mass is 19.1. The summed E-state index contributed by atoms with van der Waals surface area (Å²) in [6.07, 6.45) is 2.32. The van der Waals surface area contributed by atoms with E-state index >= 15 is 0 Å². The SMILES string of the molecule is CN(C)CCOC(=O)c1cncc(F)c1. The van der Waals surface area contributed by atoms with Gasteiger partial charge in [-0.15, -0.1) is 0 Å². The van der Waals surface area contributed by atoms with Crippen LogP contribution >= 0.6 is 0 Å². The standard InChI is InChI=1S/C10H13FN2O2/c1-13(2)3-4-15-10(14)8-5-9(11)7-12-6-8/h5-7H,3-4H2,1-2H3. The molecule has 0 atom stereocenters. The Kier molecular flexibility index (Phi) is 4.17. The van der Waals surface area contributed by atoms with Gasteiger partial charge in [-0.1, -0.05) is 0 Å². The third kappa shape index (κ3) is 4.03. The van der Waals surface area contributed by atoms with Crippen LogP contribution in [0.3, 0.4) is 0 Å². The molecule has 4 nitrogen and oxygen atoms in total. The van der Waals surface area contributed by atoms with Crippen molar-refractivity contribution in [2.24, 2.45) is 0 Å². The molecule has 82 valence electrons. The molecule has 0 aromatic carbocycles. The minimum Gasteiger partial charge on any atom is -0.461 e. The first kappa shape index (κ1) is 11.6. The zero-order valence-corrected chi connectivity index (χ0v) is 8.74. The van der Waals surface area contributed by atoms with E-state index < -0.39 is 11.8 Å². The van der Waals surface area contributed by atoms with Gasteiger partial charge in [0.2, 0.25) is 0 Å². The van der Waals surface area contributed by atoms with Crippen LogP contribution in [0.25, 0.3) is 0 Å². The third-order valence-corrected chi connectivity index (χ3v) is 1.71. The second-order valence-electron chi connectivity index (χ2n) is 3.33. The van der Waals surface area contributed by atoms with Crippen molar-refractivity contribution in [3.05, 3.63) is 29.8 Å². The Balaban J connectivity index is 2.47. The maximum atomic E-state index is 12.7. The molecule has 1 aromatic rings. The topological polar surface area (TPSA) is 42.4 Å². The molecule has 15 heavy (non-hydrogen) atoms. The van der Waals surface area contributed by atoms with Crippen LogP contribution < -0.4 is 0 Å². The van der Waals surface area contributed by atoms with Gasteiger partial charge in [0.15, 0.2) is 0 Å². The molecule has 0 unspecified atom stereocenters. The number of carbonyl (C=O) groups is 1. The predicted octanol–water partition coefficient (Wildman–Crippen LogP) is 0.939. The van der Waals surface area contributed by atoms with Crippen molar-refractivity contribution in [2.75, 3.05) is 27.2 Å². The maximum Gasteiger partial charge on any atom is 0.339 e. The van der Waals surface area contributed by atoms with E-state index in [0.717, 1.165) is 12.3 Å². The number of likely N-dealkylation sites (N-methyl/N-ethyl adjacent to an activating group) is 1. The van der Waals surface area contributed by atoms with Gasteiger partial charge in [0.25, 0.3) is 0 Å². The summed E-state index contributed by atoms with van der Waals surface area (Å²) in [5, 5.41) is 0. The van der Waals surface area contributed by atoms with E-state index in [-0.39, 0.29) is 12.2 Å². The molecular formula is C10H13FN2O2. The molecule has 0 fully saturated rings. The molecule has 5 heteroatoms. The lowest BCUT2D eigenvalue weighted by Crippen LogP contribution is -2.20. The zero-order valence-electron chi connectivity index (χ0n) is 8.74. The average Bonchev–Trinajstić information content (AvgIpc) is 2.17. The van der Waals surface area contributed by atoms with Crippen molar-refractivity contribution < 1.29 is 13.9 Å². The van der Waals surface area contributed by atoms with E-state index in [4.69, 9.17) is 4.74 Å². The number of esters is 1. The Hall–Kier alpha value is -1.49. The van der Waals surface area contributed by atoms with Crippen LogP contribution in [0.1, 0.15) is 10.4 Å². The molecule has 1 heterocycles. The van der Waals surface area contributed by atoms with E-state index in [1.165, 1.54) is 6.20 Å². The molecule has 0 aliphatic rings. The van der Waals surface area contributed by atoms with Gasteiger partial charge in [-0.3, -0.25) is 4.98 Å². The van der Waals surface area contributed by atoms with Crippen molar-refractivity contribution in [3.63, 3.8) is 0 Å². The number of ether oxygens (including phenoxy) is 1. The molecule has 0 N–H and O–H groups in total. The summed E-state index contributed by atoms with van der Waals surface area (Å²) in [6.45, 7) is 0.914. The fourth-order valence-corrected chi connectivity index (χ4v) is 0.928. The van der Waals surface area contributed by atoms with Crippen molar-refractivity contribution in [1.82, 2.24) is 9.88 Å². The molecule has 0 saturated carbocycles. The maximum absolute atomic E-state index is 12.7. The fourth-order valence-electron chi connectivity index (χ4n) is 0.928. The molecule has 0 aliphatic heterocycles. The van der Waals surface area contributed by atoms with Gasteiger partial charge in [-0.2, -0.15) is 0 Å². The first-order valence-corrected chi connectivity index (χ1v) is 4.52. The molecule has 1 rings (SSSR count). The number of carbonyl (C=O) groups excluding carboxylic acids is 1. The lowest BCUT2D eigenvalue weighted by molar-refractivity contribution is 0.0481. The van der Waals surface area contributed by atoms with Gasteiger partial charge in [0.05, 0.1) is 11.8 Å². The van der Waals surface area contributed by atoms with E-state index in [9.17, 15) is 9.18 Å². The molecule has 0 bridgehead atoms. The number of rotatable bonds is 4. The lowest BCUT2D eigenvalue weighted by Gasteiger charge is -2.09. The normalized spacial score (nSPS) is 10.4. The average molecular weight is 212 g/mol. The van der Waals surface area contributed by atoms with Gasteiger partial charge in [-0.05, 0) is 20.2 Å². The first-order valence-electron chi connectivity index (χ1n) is 4.52. The molecular weight excluding hydrogens is 199 g/mol. The van der Waals surface area contributed by atoms with Crippen LogP contribution in [-0.4, -0.2) is 43.1 Å². The summed E-state index contributed by atoms with van der Waals surface area (Å²) >= 11 is 0. The fraction of sp³-hybridized carbons (Fsp3) is 0.400. The van der Waals surface area contributed by atoms with Crippen LogP contribution in [0.4, 0.5) is 4.39 Å². The molecule has 0 radical (unpaired) electrons. The van der Waals surface area contributed by atoms with E-state index in [1.807, 2.05) is 19.0 Å².